The summed E-state index contributed by atoms with van der Waals surface area (Å²) in [6.07, 6.45) is 0.833. The quantitative estimate of drug-likeness (QED) is 0.839. The molecule has 0 N–H and O–H groups in total. The van der Waals surface area contributed by atoms with Crippen molar-refractivity contribution in [2.24, 2.45) is 0 Å². The number of nitrogens with zero attached hydrogens (tertiary/aromatic N) is 2. The predicted molar refractivity (Wildman–Crippen MR) is 97.3 cm³/mol. The first kappa shape index (κ1) is 16.7. The third-order valence-corrected chi connectivity index (χ3v) is 5.53. The maximum absolute atomic E-state index is 12.9. The monoisotopic (exact) mass is 342 g/mol. The SMILES string of the molecule is CC(=O)N1CCCN(C(=O)c2cc(-c3ccccc3)sc2C)CC1. The lowest BCUT2D eigenvalue weighted by Gasteiger charge is -2.21. The van der Waals surface area contributed by atoms with Crippen molar-refractivity contribution in [2.45, 2.75) is 20.3 Å². The number of rotatable bonds is 2. The highest BCUT2D eigenvalue weighted by Crippen LogP contribution is 2.31. The molecule has 1 aliphatic heterocycles. The normalized spacial score (nSPS) is 15.2. The van der Waals surface area contributed by atoms with Gasteiger partial charge < -0.3 is 9.80 Å². The topological polar surface area (TPSA) is 40.6 Å². The molecule has 4 nitrogen and oxygen atoms in total. The van der Waals surface area contributed by atoms with E-state index in [4.69, 9.17) is 0 Å². The van der Waals surface area contributed by atoms with Crippen LogP contribution in [0.25, 0.3) is 10.4 Å². The van der Waals surface area contributed by atoms with Gasteiger partial charge in [0.05, 0.1) is 5.56 Å². The van der Waals surface area contributed by atoms with Gasteiger partial charge in [-0.05, 0) is 25.0 Å². The third-order valence-electron chi connectivity index (χ3n) is 4.43. The van der Waals surface area contributed by atoms with E-state index in [9.17, 15) is 9.59 Å². The highest BCUT2D eigenvalue weighted by atomic mass is 32.1. The van der Waals surface area contributed by atoms with Gasteiger partial charge in [0.2, 0.25) is 5.91 Å². The van der Waals surface area contributed by atoms with E-state index in [0.717, 1.165) is 33.8 Å². The first-order valence-corrected chi connectivity index (χ1v) is 9.08. The number of amides is 2. The van der Waals surface area contributed by atoms with Crippen LogP contribution in [0.3, 0.4) is 0 Å². The minimum atomic E-state index is 0.0799. The van der Waals surface area contributed by atoms with Gasteiger partial charge in [-0.15, -0.1) is 11.3 Å². The van der Waals surface area contributed by atoms with Crippen molar-refractivity contribution >= 4 is 23.2 Å². The summed E-state index contributed by atoms with van der Waals surface area (Å²) in [6.45, 7) is 6.26. The minimum absolute atomic E-state index is 0.0799. The van der Waals surface area contributed by atoms with Crippen LogP contribution in [0, 0.1) is 6.92 Å². The molecule has 24 heavy (non-hydrogen) atoms. The van der Waals surface area contributed by atoms with E-state index >= 15 is 0 Å². The standard InChI is InChI=1S/C19H22N2O2S/c1-14-17(13-18(24-14)16-7-4-3-5-8-16)19(23)21-10-6-9-20(11-12-21)15(2)22/h3-5,7-8,13H,6,9-12H2,1-2H3. The van der Waals surface area contributed by atoms with E-state index in [1.807, 2.05) is 41.0 Å². The minimum Gasteiger partial charge on any atom is -0.341 e. The summed E-state index contributed by atoms with van der Waals surface area (Å²) < 4.78 is 0. The molecule has 0 radical (unpaired) electrons. The van der Waals surface area contributed by atoms with Crippen LogP contribution in [0.15, 0.2) is 36.4 Å². The summed E-state index contributed by atoms with van der Waals surface area (Å²) in [4.78, 5) is 30.3. The Labute approximate surface area is 146 Å². The Hall–Kier alpha value is -2.14. The number of carbonyl (C=O) groups is 2. The summed E-state index contributed by atoms with van der Waals surface area (Å²) in [6, 6.07) is 12.2. The highest BCUT2D eigenvalue weighted by Gasteiger charge is 2.23. The van der Waals surface area contributed by atoms with Crippen LogP contribution in [0.2, 0.25) is 0 Å². The second-order valence-corrected chi connectivity index (χ2v) is 7.35. The first-order chi connectivity index (χ1) is 11.6. The number of hydrogen-bond acceptors (Lipinski definition) is 3. The van der Waals surface area contributed by atoms with Crippen molar-refractivity contribution in [1.82, 2.24) is 9.80 Å². The molecular formula is C19H22N2O2S. The number of thiophene rings is 1. The zero-order chi connectivity index (χ0) is 17.1. The van der Waals surface area contributed by atoms with Crippen molar-refractivity contribution in [1.29, 1.82) is 0 Å². The summed E-state index contributed by atoms with van der Waals surface area (Å²) in [5.41, 5.74) is 1.93. The lowest BCUT2D eigenvalue weighted by Crippen LogP contribution is -2.36. The van der Waals surface area contributed by atoms with Gasteiger partial charge in [-0.2, -0.15) is 0 Å². The van der Waals surface area contributed by atoms with Gasteiger partial charge in [0, 0.05) is 42.9 Å². The molecule has 2 heterocycles. The van der Waals surface area contributed by atoms with Gasteiger partial charge in [-0.1, -0.05) is 30.3 Å². The number of benzene rings is 1. The fourth-order valence-corrected chi connectivity index (χ4v) is 4.06. The Morgan fingerprint density at radius 2 is 1.67 bits per heavy atom. The van der Waals surface area contributed by atoms with Crippen LogP contribution >= 0.6 is 11.3 Å². The van der Waals surface area contributed by atoms with Crippen LogP contribution in [0.1, 0.15) is 28.6 Å². The Morgan fingerprint density at radius 1 is 1.00 bits per heavy atom. The fourth-order valence-electron chi connectivity index (χ4n) is 3.04. The second-order valence-electron chi connectivity index (χ2n) is 6.10. The zero-order valence-electron chi connectivity index (χ0n) is 14.1. The van der Waals surface area contributed by atoms with Gasteiger partial charge in [0.15, 0.2) is 0 Å². The smallest absolute Gasteiger partial charge is 0.255 e. The summed E-state index contributed by atoms with van der Waals surface area (Å²) in [7, 11) is 0. The summed E-state index contributed by atoms with van der Waals surface area (Å²) in [5.74, 6) is 0.165. The first-order valence-electron chi connectivity index (χ1n) is 8.27. The molecule has 1 aliphatic rings. The van der Waals surface area contributed by atoms with Gasteiger partial charge in [-0.25, -0.2) is 0 Å². The van der Waals surface area contributed by atoms with Crippen LogP contribution in [0.5, 0.6) is 0 Å². The summed E-state index contributed by atoms with van der Waals surface area (Å²) in [5, 5.41) is 0. The van der Waals surface area contributed by atoms with Crippen LogP contribution in [-0.2, 0) is 4.79 Å². The van der Waals surface area contributed by atoms with E-state index < -0.39 is 0 Å². The fraction of sp³-hybridized carbons (Fsp3) is 0.368. The number of hydrogen-bond donors (Lipinski definition) is 0. The molecule has 0 bridgehead atoms. The molecule has 2 aromatic rings. The average Bonchev–Trinajstić information content (AvgIpc) is 2.81. The Kier molecular flexibility index (Phi) is 5.00. The molecular weight excluding hydrogens is 320 g/mol. The van der Waals surface area contributed by atoms with Gasteiger partial charge in [0.25, 0.3) is 5.91 Å². The Balaban J connectivity index is 1.78. The van der Waals surface area contributed by atoms with Gasteiger partial charge >= 0.3 is 0 Å². The lowest BCUT2D eigenvalue weighted by atomic mass is 10.1. The molecule has 1 aromatic heterocycles. The Morgan fingerprint density at radius 3 is 2.38 bits per heavy atom. The van der Waals surface area contributed by atoms with E-state index in [0.29, 0.717) is 19.6 Å². The van der Waals surface area contributed by atoms with E-state index in [1.54, 1.807) is 18.3 Å². The molecule has 1 fully saturated rings. The summed E-state index contributed by atoms with van der Waals surface area (Å²) >= 11 is 1.66. The van der Waals surface area contributed by atoms with E-state index in [-0.39, 0.29) is 11.8 Å². The van der Waals surface area contributed by atoms with Crippen molar-refractivity contribution in [3.63, 3.8) is 0 Å². The molecule has 126 valence electrons. The van der Waals surface area contributed by atoms with Gasteiger partial charge in [-0.3, -0.25) is 9.59 Å². The third kappa shape index (κ3) is 3.51. The average molecular weight is 342 g/mol. The maximum atomic E-state index is 12.9. The molecule has 1 aromatic carbocycles. The van der Waals surface area contributed by atoms with Crippen molar-refractivity contribution in [3.05, 3.63) is 46.8 Å². The lowest BCUT2D eigenvalue weighted by molar-refractivity contribution is -0.128. The second kappa shape index (κ2) is 7.18. The highest BCUT2D eigenvalue weighted by molar-refractivity contribution is 7.15. The molecule has 0 unspecified atom stereocenters. The molecule has 0 saturated carbocycles. The molecule has 5 heteroatoms. The van der Waals surface area contributed by atoms with E-state index in [2.05, 4.69) is 12.1 Å². The van der Waals surface area contributed by atoms with Crippen molar-refractivity contribution < 1.29 is 9.59 Å². The molecule has 1 saturated heterocycles. The van der Waals surface area contributed by atoms with Crippen molar-refractivity contribution in [3.8, 4) is 10.4 Å². The molecule has 2 amide bonds. The molecule has 0 aliphatic carbocycles. The van der Waals surface area contributed by atoms with E-state index in [1.165, 1.54) is 0 Å². The number of aryl methyl sites for hydroxylation is 1. The van der Waals surface area contributed by atoms with Crippen LogP contribution in [-0.4, -0.2) is 47.8 Å². The predicted octanol–water partition coefficient (Wildman–Crippen LogP) is 3.42. The van der Waals surface area contributed by atoms with Gasteiger partial charge in [0.1, 0.15) is 0 Å². The largest absolute Gasteiger partial charge is 0.341 e. The molecule has 0 spiro atoms. The van der Waals surface area contributed by atoms with Crippen LogP contribution < -0.4 is 0 Å². The molecule has 0 atom stereocenters. The maximum Gasteiger partial charge on any atom is 0.255 e. The van der Waals surface area contributed by atoms with Crippen molar-refractivity contribution in [2.75, 3.05) is 26.2 Å². The number of carbonyl (C=O) groups excluding carboxylic acids is 2. The zero-order valence-corrected chi connectivity index (χ0v) is 14.9. The Bertz CT molecular complexity index is 739. The van der Waals surface area contributed by atoms with Crippen LogP contribution in [0.4, 0.5) is 0 Å². The molecule has 3 rings (SSSR count).